The summed E-state index contributed by atoms with van der Waals surface area (Å²) in [7, 11) is 1.64. The van der Waals surface area contributed by atoms with Crippen LogP contribution in [0.15, 0.2) is 11.1 Å². The predicted molar refractivity (Wildman–Crippen MR) is 109 cm³/mol. The molecule has 0 radical (unpaired) electrons. The van der Waals surface area contributed by atoms with Crippen molar-refractivity contribution in [2.24, 2.45) is 5.92 Å². The van der Waals surface area contributed by atoms with E-state index in [0.717, 1.165) is 25.8 Å². The number of nitrogens with one attached hydrogen (secondary N) is 2. The summed E-state index contributed by atoms with van der Waals surface area (Å²) in [6, 6.07) is 0.0577. The highest BCUT2D eigenvalue weighted by molar-refractivity contribution is 7.22. The molecule has 9 nitrogen and oxygen atoms in total. The molecule has 2 aromatic heterocycles. The van der Waals surface area contributed by atoms with Gasteiger partial charge < -0.3 is 15.5 Å². The Morgan fingerprint density at radius 2 is 2.21 bits per heavy atom. The fourth-order valence-electron chi connectivity index (χ4n) is 3.23. The Balaban J connectivity index is 1.80. The van der Waals surface area contributed by atoms with E-state index in [1.807, 2.05) is 18.7 Å². The van der Waals surface area contributed by atoms with Crippen LogP contribution in [0.5, 0.6) is 0 Å². The molecule has 2 N–H and O–H groups in total. The van der Waals surface area contributed by atoms with Crippen LogP contribution in [-0.2, 0) is 16.1 Å². The predicted octanol–water partition coefficient (Wildman–Crippen LogP) is 0.730. The SMILES string of the molecule is CCC(C)NC(=O)Cn1cnc2nc(N3CCCC(C(=O)NC)C3)sc2c1=O. The molecule has 0 saturated carbocycles. The third-order valence-corrected chi connectivity index (χ3v) is 6.11. The molecule has 1 saturated heterocycles. The lowest BCUT2D eigenvalue weighted by Gasteiger charge is -2.31. The number of hydrogen-bond acceptors (Lipinski definition) is 7. The summed E-state index contributed by atoms with van der Waals surface area (Å²) in [5.41, 5.74) is 0.110. The van der Waals surface area contributed by atoms with E-state index in [1.54, 1.807) is 7.05 Å². The van der Waals surface area contributed by atoms with Crippen molar-refractivity contribution in [3.05, 3.63) is 16.7 Å². The Labute approximate surface area is 167 Å². The Kier molecular flexibility index (Phi) is 6.28. The van der Waals surface area contributed by atoms with Crippen molar-refractivity contribution in [1.29, 1.82) is 0 Å². The maximum Gasteiger partial charge on any atom is 0.273 e. The monoisotopic (exact) mass is 406 g/mol. The van der Waals surface area contributed by atoms with Crippen LogP contribution in [-0.4, -0.2) is 52.5 Å². The quantitative estimate of drug-likeness (QED) is 0.732. The largest absolute Gasteiger partial charge is 0.359 e. The molecule has 1 aliphatic heterocycles. The first-order valence-corrected chi connectivity index (χ1v) is 10.4. The minimum absolute atomic E-state index is 0.0265. The summed E-state index contributed by atoms with van der Waals surface area (Å²) in [6.45, 7) is 5.20. The number of rotatable bonds is 6. The summed E-state index contributed by atoms with van der Waals surface area (Å²) in [6.07, 6.45) is 3.93. The van der Waals surface area contributed by atoms with Crippen LogP contribution in [0, 0.1) is 5.92 Å². The van der Waals surface area contributed by atoms with Gasteiger partial charge in [-0.15, -0.1) is 0 Å². The number of amides is 2. The molecule has 152 valence electrons. The fraction of sp³-hybridized carbons (Fsp3) is 0.611. The Morgan fingerprint density at radius 1 is 1.43 bits per heavy atom. The smallest absolute Gasteiger partial charge is 0.273 e. The van der Waals surface area contributed by atoms with Crippen LogP contribution in [0.3, 0.4) is 0 Å². The van der Waals surface area contributed by atoms with E-state index in [0.29, 0.717) is 22.0 Å². The maximum absolute atomic E-state index is 12.8. The van der Waals surface area contributed by atoms with Gasteiger partial charge in [-0.3, -0.25) is 19.0 Å². The normalized spacial score (nSPS) is 18.1. The van der Waals surface area contributed by atoms with E-state index in [1.165, 1.54) is 22.2 Å². The Morgan fingerprint density at radius 3 is 2.93 bits per heavy atom. The second kappa shape index (κ2) is 8.68. The molecular weight excluding hydrogens is 380 g/mol. The van der Waals surface area contributed by atoms with Crippen molar-refractivity contribution >= 4 is 38.6 Å². The highest BCUT2D eigenvalue weighted by Crippen LogP contribution is 2.29. The van der Waals surface area contributed by atoms with Crippen LogP contribution in [0.4, 0.5) is 5.13 Å². The molecule has 0 spiro atoms. The maximum atomic E-state index is 12.8. The zero-order valence-electron chi connectivity index (χ0n) is 16.4. The summed E-state index contributed by atoms with van der Waals surface area (Å²) in [5.74, 6) is -0.273. The third kappa shape index (κ3) is 4.32. The number of carbonyl (C=O) groups is 2. The molecule has 0 bridgehead atoms. The van der Waals surface area contributed by atoms with Gasteiger partial charge in [-0.25, -0.2) is 4.98 Å². The van der Waals surface area contributed by atoms with Gasteiger partial charge >= 0.3 is 0 Å². The van der Waals surface area contributed by atoms with Crippen molar-refractivity contribution in [1.82, 2.24) is 25.2 Å². The van der Waals surface area contributed by atoms with Crippen molar-refractivity contribution in [3.63, 3.8) is 0 Å². The second-order valence-electron chi connectivity index (χ2n) is 7.10. The molecule has 1 aliphatic rings. The molecular formula is C18H26N6O3S. The van der Waals surface area contributed by atoms with Gasteiger partial charge in [-0.1, -0.05) is 18.3 Å². The van der Waals surface area contributed by atoms with Crippen LogP contribution >= 0.6 is 11.3 Å². The lowest BCUT2D eigenvalue weighted by atomic mass is 9.98. The number of piperidine rings is 1. The molecule has 0 aromatic carbocycles. The molecule has 2 unspecified atom stereocenters. The van der Waals surface area contributed by atoms with Crippen molar-refractivity contribution in [2.75, 3.05) is 25.0 Å². The van der Waals surface area contributed by atoms with Crippen molar-refractivity contribution < 1.29 is 9.59 Å². The highest BCUT2D eigenvalue weighted by Gasteiger charge is 2.27. The number of thiazole rings is 1. The summed E-state index contributed by atoms with van der Waals surface area (Å²) in [5, 5.41) is 6.24. The minimum Gasteiger partial charge on any atom is -0.359 e. The van der Waals surface area contributed by atoms with Crippen LogP contribution in [0.1, 0.15) is 33.1 Å². The zero-order chi connectivity index (χ0) is 20.3. The van der Waals surface area contributed by atoms with E-state index < -0.39 is 0 Å². The molecule has 10 heteroatoms. The van der Waals surface area contributed by atoms with E-state index >= 15 is 0 Å². The first-order chi connectivity index (χ1) is 13.4. The minimum atomic E-state index is -0.270. The molecule has 1 fully saturated rings. The van der Waals surface area contributed by atoms with Crippen molar-refractivity contribution in [3.8, 4) is 0 Å². The van der Waals surface area contributed by atoms with E-state index in [-0.39, 0.29) is 35.9 Å². The molecule has 2 amide bonds. The van der Waals surface area contributed by atoms with Gasteiger partial charge in [0.1, 0.15) is 17.6 Å². The van der Waals surface area contributed by atoms with Gasteiger partial charge in [0, 0.05) is 26.2 Å². The summed E-state index contributed by atoms with van der Waals surface area (Å²) >= 11 is 1.27. The lowest BCUT2D eigenvalue weighted by molar-refractivity contribution is -0.125. The van der Waals surface area contributed by atoms with Gasteiger partial charge in [-0.2, -0.15) is 4.98 Å². The average molecular weight is 407 g/mol. The van der Waals surface area contributed by atoms with Crippen molar-refractivity contribution in [2.45, 2.75) is 45.7 Å². The van der Waals surface area contributed by atoms with E-state index in [9.17, 15) is 14.4 Å². The first-order valence-electron chi connectivity index (χ1n) is 9.54. The lowest BCUT2D eigenvalue weighted by Crippen LogP contribution is -2.42. The van der Waals surface area contributed by atoms with E-state index in [4.69, 9.17) is 0 Å². The summed E-state index contributed by atoms with van der Waals surface area (Å²) < 4.78 is 1.74. The molecule has 0 aliphatic carbocycles. The standard InChI is InChI=1S/C18H26N6O3S/c1-4-11(2)21-13(25)9-24-10-20-15-14(17(24)27)28-18(22-15)23-7-5-6-12(8-23)16(26)19-3/h10-12H,4-9H2,1-3H3,(H,19,26)(H,21,25). The van der Waals surface area contributed by atoms with Crippen LogP contribution in [0.2, 0.25) is 0 Å². The number of fused-ring (bicyclic) bond motifs is 1. The Hall–Kier alpha value is -2.49. The van der Waals surface area contributed by atoms with Gasteiger partial charge in [0.2, 0.25) is 11.8 Å². The van der Waals surface area contributed by atoms with E-state index in [2.05, 4.69) is 20.6 Å². The average Bonchev–Trinajstić information content (AvgIpc) is 3.14. The number of carbonyl (C=O) groups excluding carboxylic acids is 2. The first kappa shape index (κ1) is 20.2. The van der Waals surface area contributed by atoms with Gasteiger partial charge in [0.05, 0.1) is 5.92 Å². The van der Waals surface area contributed by atoms with Gasteiger partial charge in [0.15, 0.2) is 10.8 Å². The number of hydrogen-bond donors (Lipinski definition) is 2. The highest BCUT2D eigenvalue weighted by atomic mass is 32.1. The molecule has 2 aromatic rings. The molecule has 28 heavy (non-hydrogen) atoms. The van der Waals surface area contributed by atoms with Crippen LogP contribution < -0.4 is 21.1 Å². The number of anilines is 1. The zero-order valence-corrected chi connectivity index (χ0v) is 17.2. The molecule has 3 heterocycles. The van der Waals surface area contributed by atoms with Crippen LogP contribution in [0.25, 0.3) is 10.3 Å². The third-order valence-electron chi connectivity index (χ3n) is 5.02. The number of nitrogens with zero attached hydrogens (tertiary/aromatic N) is 4. The van der Waals surface area contributed by atoms with Gasteiger partial charge in [0.25, 0.3) is 5.56 Å². The molecule has 2 atom stereocenters. The Bertz CT molecular complexity index is 924. The topological polar surface area (TPSA) is 109 Å². The fourth-order valence-corrected chi connectivity index (χ4v) is 4.23. The van der Waals surface area contributed by atoms with Gasteiger partial charge in [-0.05, 0) is 26.2 Å². The number of aromatic nitrogens is 3. The second-order valence-corrected chi connectivity index (χ2v) is 8.08. The molecule has 3 rings (SSSR count). The summed E-state index contributed by atoms with van der Waals surface area (Å²) in [4.78, 5) is 47.6.